The van der Waals surface area contributed by atoms with Crippen LogP contribution in [0.15, 0.2) is 102 Å². The first-order chi connectivity index (χ1) is 19.7. The number of anilines is 3. The van der Waals surface area contributed by atoms with Gasteiger partial charge in [0.05, 0.1) is 28.4 Å². The first kappa shape index (κ1) is 27.4. The van der Waals surface area contributed by atoms with Crippen LogP contribution >= 0.6 is 0 Å². The highest BCUT2D eigenvalue weighted by Crippen LogP contribution is 2.27. The number of carbonyl (C=O) groups excluding carboxylic acids is 1. The maximum Gasteiger partial charge on any atom is 0.326 e. The zero-order valence-electron chi connectivity index (χ0n) is 21.5. The molecule has 1 aromatic heterocycles. The van der Waals surface area contributed by atoms with Gasteiger partial charge in [-0.2, -0.15) is 0 Å². The van der Waals surface area contributed by atoms with Crippen molar-refractivity contribution >= 4 is 50.4 Å². The minimum atomic E-state index is -4.10. The van der Waals surface area contributed by atoms with Crippen LogP contribution in [0.5, 0.6) is 0 Å². The third-order valence-corrected chi connectivity index (χ3v) is 7.70. The highest BCUT2D eigenvalue weighted by Gasteiger charge is 2.24. The Bertz CT molecular complexity index is 1800. The molecule has 1 heterocycles. The number of carboxylic acids is 1. The molecule has 0 radical (unpaired) electrons. The fourth-order valence-corrected chi connectivity index (χ4v) is 5.56. The summed E-state index contributed by atoms with van der Waals surface area (Å²) in [4.78, 5) is 31.4. The van der Waals surface area contributed by atoms with Gasteiger partial charge >= 0.3 is 12.0 Å². The van der Waals surface area contributed by atoms with Gasteiger partial charge in [-0.15, -0.1) is 0 Å². The number of nitrogens with one attached hydrogen (secondary N) is 4. The van der Waals surface area contributed by atoms with Gasteiger partial charge in [0.2, 0.25) is 16.0 Å². The quantitative estimate of drug-likeness (QED) is 0.136. The van der Waals surface area contributed by atoms with Crippen molar-refractivity contribution in [2.24, 2.45) is 0 Å². The van der Waals surface area contributed by atoms with Gasteiger partial charge in [-0.05, 0) is 65.2 Å². The topological polar surface area (TPSA) is 179 Å². The van der Waals surface area contributed by atoms with Crippen LogP contribution < -0.4 is 21.1 Å². The molecule has 0 bridgehead atoms. The predicted octanol–water partition coefficient (Wildman–Crippen LogP) is 4.95. The van der Waals surface area contributed by atoms with Crippen molar-refractivity contribution in [2.45, 2.75) is 17.4 Å². The smallest absolute Gasteiger partial charge is 0.326 e. The fraction of sp³-hybridized carbons (Fsp3) is 0.0690. The molecular weight excluding hydrogens is 544 g/mol. The number of nitrogens with zero attached hydrogens (tertiary/aromatic N) is 1. The van der Waals surface area contributed by atoms with E-state index in [1.54, 1.807) is 60.7 Å². The average Bonchev–Trinajstić information content (AvgIpc) is 3.35. The molecule has 7 N–H and O–H groups in total. The van der Waals surface area contributed by atoms with Gasteiger partial charge in [0.15, 0.2) is 0 Å². The van der Waals surface area contributed by atoms with Crippen molar-refractivity contribution in [3.05, 3.63) is 103 Å². The lowest BCUT2D eigenvalue weighted by Gasteiger charge is -2.18. The number of carbonyl (C=O) groups is 2. The Hall–Kier alpha value is -5.20. The number of hydrogen-bond acceptors (Lipinski definition) is 6. The maximum absolute atomic E-state index is 13.3. The maximum atomic E-state index is 13.3. The molecule has 5 aromatic rings. The summed E-state index contributed by atoms with van der Waals surface area (Å²) in [6, 6.07) is 25.4. The molecule has 0 spiro atoms. The lowest BCUT2D eigenvalue weighted by atomic mass is 10.0. The normalized spacial score (nSPS) is 12.1. The summed E-state index contributed by atoms with van der Waals surface area (Å²) in [6.07, 6.45) is -0.452. The third-order valence-electron chi connectivity index (χ3n) is 6.23. The monoisotopic (exact) mass is 570 g/mol. The van der Waals surface area contributed by atoms with Gasteiger partial charge in [0, 0.05) is 11.4 Å². The molecule has 11 nitrogen and oxygen atoms in total. The van der Waals surface area contributed by atoms with E-state index in [1.807, 2.05) is 24.3 Å². The molecule has 0 aliphatic heterocycles. The second-order valence-corrected chi connectivity index (χ2v) is 10.9. The predicted molar refractivity (Wildman–Crippen MR) is 157 cm³/mol. The second-order valence-electron chi connectivity index (χ2n) is 9.23. The first-order valence-electron chi connectivity index (χ1n) is 12.5. The SMILES string of the molecule is Nc1ccc(C(CC(=O)O)NS(=O)(=O)c2cccc(-c3cccc(NC(=O)Nc4nc5ccccc5[nH]4)c3)c2)cc1. The number of nitrogen functional groups attached to an aromatic ring is 1. The van der Waals surface area contributed by atoms with Gasteiger partial charge in [-0.25, -0.2) is 22.9 Å². The largest absolute Gasteiger partial charge is 0.481 e. The number of aliphatic carboxylic acids is 1. The molecule has 2 amide bonds. The summed E-state index contributed by atoms with van der Waals surface area (Å²) < 4.78 is 29.1. The number of hydrogen-bond donors (Lipinski definition) is 6. The number of fused-ring (bicyclic) bond motifs is 1. The Morgan fingerprint density at radius 2 is 1.59 bits per heavy atom. The second kappa shape index (κ2) is 11.5. The molecule has 41 heavy (non-hydrogen) atoms. The molecule has 12 heteroatoms. The number of rotatable bonds is 9. The number of nitrogens with two attached hydrogens (primary N) is 1. The number of carboxylic acid groups (broad SMARTS) is 1. The molecule has 4 aromatic carbocycles. The van der Waals surface area contributed by atoms with E-state index in [9.17, 15) is 23.1 Å². The van der Waals surface area contributed by atoms with E-state index >= 15 is 0 Å². The number of aromatic nitrogens is 2. The lowest BCUT2D eigenvalue weighted by Crippen LogP contribution is -2.30. The van der Waals surface area contributed by atoms with Crippen LogP contribution in [0.3, 0.4) is 0 Å². The summed E-state index contributed by atoms with van der Waals surface area (Å²) >= 11 is 0. The van der Waals surface area contributed by atoms with Crippen LogP contribution in [0.2, 0.25) is 0 Å². The van der Waals surface area contributed by atoms with Crippen molar-refractivity contribution in [3.63, 3.8) is 0 Å². The molecule has 0 saturated heterocycles. The lowest BCUT2D eigenvalue weighted by molar-refractivity contribution is -0.137. The summed E-state index contributed by atoms with van der Waals surface area (Å²) in [5.41, 5.74) is 9.89. The van der Waals surface area contributed by atoms with E-state index < -0.39 is 34.5 Å². The van der Waals surface area contributed by atoms with Crippen molar-refractivity contribution in [3.8, 4) is 11.1 Å². The van der Waals surface area contributed by atoms with E-state index in [4.69, 9.17) is 5.73 Å². The Balaban J connectivity index is 1.33. The molecule has 0 saturated carbocycles. The Morgan fingerprint density at radius 3 is 2.32 bits per heavy atom. The van der Waals surface area contributed by atoms with E-state index in [0.717, 1.165) is 11.0 Å². The number of amides is 2. The van der Waals surface area contributed by atoms with E-state index in [0.29, 0.717) is 34.0 Å². The van der Waals surface area contributed by atoms with E-state index in [1.165, 1.54) is 12.1 Å². The molecule has 0 aliphatic carbocycles. The first-order valence-corrected chi connectivity index (χ1v) is 14.0. The molecule has 0 fully saturated rings. The van der Waals surface area contributed by atoms with Crippen molar-refractivity contribution in [1.29, 1.82) is 0 Å². The summed E-state index contributed by atoms with van der Waals surface area (Å²) in [5, 5.41) is 14.8. The number of sulfonamides is 1. The van der Waals surface area contributed by atoms with Crippen LogP contribution in [0.4, 0.5) is 22.1 Å². The average molecular weight is 571 g/mol. The zero-order valence-corrected chi connectivity index (χ0v) is 22.4. The number of para-hydroxylation sites is 2. The Kier molecular flexibility index (Phi) is 7.68. The Labute approximate surface area is 235 Å². The van der Waals surface area contributed by atoms with Crippen molar-refractivity contribution in [1.82, 2.24) is 14.7 Å². The highest BCUT2D eigenvalue weighted by molar-refractivity contribution is 7.89. The number of imidazole rings is 1. The standard InChI is InChI=1S/C29H26N6O5S/c30-21-13-11-18(12-14-21)26(17-27(36)37)35-41(39,40)23-8-4-6-20(16-23)19-5-3-7-22(15-19)31-29(38)34-28-32-24-9-1-2-10-25(24)33-28/h1-16,26,35H,17,30H2,(H,36,37)(H3,31,32,33,34,38). The number of benzene rings is 4. The molecule has 1 atom stereocenters. The van der Waals surface area contributed by atoms with Gasteiger partial charge in [0.25, 0.3) is 0 Å². The van der Waals surface area contributed by atoms with Crippen LogP contribution in [0, 0.1) is 0 Å². The minimum Gasteiger partial charge on any atom is -0.481 e. The van der Waals surface area contributed by atoms with Crippen LogP contribution in [-0.4, -0.2) is 35.5 Å². The summed E-state index contributed by atoms with van der Waals surface area (Å²) in [5.74, 6) is -0.859. The molecule has 1 unspecified atom stereocenters. The summed E-state index contributed by atoms with van der Waals surface area (Å²) in [7, 11) is -4.10. The Morgan fingerprint density at radius 1 is 0.878 bits per heavy atom. The molecule has 0 aliphatic rings. The van der Waals surface area contributed by atoms with Gasteiger partial charge in [-0.1, -0.05) is 48.5 Å². The number of urea groups is 1. The molecule has 5 rings (SSSR count). The zero-order chi connectivity index (χ0) is 29.0. The minimum absolute atomic E-state index is 0.0400. The van der Waals surface area contributed by atoms with Gasteiger partial charge in [-0.3, -0.25) is 10.1 Å². The van der Waals surface area contributed by atoms with Crippen molar-refractivity contribution < 1.29 is 23.1 Å². The van der Waals surface area contributed by atoms with E-state index in [-0.39, 0.29) is 4.90 Å². The number of H-pyrrole nitrogens is 1. The molecule has 208 valence electrons. The van der Waals surface area contributed by atoms with Crippen molar-refractivity contribution in [2.75, 3.05) is 16.4 Å². The number of aromatic amines is 1. The van der Waals surface area contributed by atoms with Crippen LogP contribution in [-0.2, 0) is 14.8 Å². The van der Waals surface area contributed by atoms with E-state index in [2.05, 4.69) is 25.3 Å². The molecular formula is C29H26N6O5S. The summed E-state index contributed by atoms with van der Waals surface area (Å²) in [6.45, 7) is 0. The van der Waals surface area contributed by atoms with Crippen LogP contribution in [0.25, 0.3) is 22.2 Å². The third kappa shape index (κ3) is 6.69. The fourth-order valence-electron chi connectivity index (χ4n) is 4.29. The van der Waals surface area contributed by atoms with Gasteiger partial charge in [0.1, 0.15) is 0 Å². The van der Waals surface area contributed by atoms with Gasteiger partial charge < -0.3 is 21.1 Å². The van der Waals surface area contributed by atoms with Crippen LogP contribution in [0.1, 0.15) is 18.0 Å². The highest BCUT2D eigenvalue weighted by atomic mass is 32.2.